The SMILES string of the molecule is CCCC(Cc1cn2ccccc2n1)C(=O)O. The number of imidazole rings is 1. The van der Waals surface area contributed by atoms with Crippen LogP contribution in [0.3, 0.4) is 0 Å². The lowest BCUT2D eigenvalue weighted by Gasteiger charge is -2.08. The summed E-state index contributed by atoms with van der Waals surface area (Å²) in [5.74, 6) is -1.06. The summed E-state index contributed by atoms with van der Waals surface area (Å²) >= 11 is 0. The van der Waals surface area contributed by atoms with Crippen molar-refractivity contribution in [2.24, 2.45) is 5.92 Å². The van der Waals surface area contributed by atoms with Gasteiger partial charge in [-0.2, -0.15) is 0 Å². The number of carboxylic acids is 1. The van der Waals surface area contributed by atoms with Crippen molar-refractivity contribution in [3.8, 4) is 0 Å². The Bertz CT molecular complexity index is 486. The molecule has 2 aromatic rings. The van der Waals surface area contributed by atoms with Crippen molar-refractivity contribution in [1.82, 2.24) is 9.38 Å². The van der Waals surface area contributed by atoms with E-state index in [0.717, 1.165) is 17.8 Å². The molecule has 4 nitrogen and oxygen atoms in total. The van der Waals surface area contributed by atoms with Gasteiger partial charge in [0.25, 0.3) is 0 Å². The molecule has 1 N–H and O–H groups in total. The highest BCUT2D eigenvalue weighted by molar-refractivity contribution is 5.70. The second-order valence-electron chi connectivity index (χ2n) is 4.23. The summed E-state index contributed by atoms with van der Waals surface area (Å²) in [5, 5.41) is 9.11. The molecule has 0 bridgehead atoms. The third-order valence-electron chi connectivity index (χ3n) is 2.86. The van der Waals surface area contributed by atoms with E-state index in [1.165, 1.54) is 0 Å². The minimum absolute atomic E-state index is 0.329. The van der Waals surface area contributed by atoms with Crippen molar-refractivity contribution < 1.29 is 9.90 Å². The number of aliphatic carboxylic acids is 1. The summed E-state index contributed by atoms with van der Waals surface area (Å²) < 4.78 is 1.92. The van der Waals surface area contributed by atoms with Crippen molar-refractivity contribution in [2.45, 2.75) is 26.2 Å². The number of hydrogen-bond acceptors (Lipinski definition) is 2. The van der Waals surface area contributed by atoms with Crippen LogP contribution in [-0.2, 0) is 11.2 Å². The Kier molecular flexibility index (Phi) is 3.42. The molecule has 0 amide bonds. The summed E-state index contributed by atoms with van der Waals surface area (Å²) in [6, 6.07) is 5.77. The zero-order chi connectivity index (χ0) is 12.3. The van der Waals surface area contributed by atoms with Crippen LogP contribution in [0.4, 0.5) is 0 Å². The summed E-state index contributed by atoms with van der Waals surface area (Å²) in [6.07, 6.45) is 5.90. The molecule has 2 heterocycles. The Morgan fingerprint density at radius 2 is 2.35 bits per heavy atom. The normalized spacial score (nSPS) is 12.8. The number of fused-ring (bicyclic) bond motifs is 1. The lowest BCUT2D eigenvalue weighted by Crippen LogP contribution is -2.16. The minimum Gasteiger partial charge on any atom is -0.481 e. The molecule has 0 saturated carbocycles. The molecular weight excluding hydrogens is 216 g/mol. The van der Waals surface area contributed by atoms with E-state index in [4.69, 9.17) is 5.11 Å². The molecular formula is C13H16N2O2. The number of rotatable bonds is 5. The number of hydrogen-bond donors (Lipinski definition) is 1. The maximum Gasteiger partial charge on any atom is 0.306 e. The quantitative estimate of drug-likeness (QED) is 0.861. The lowest BCUT2D eigenvalue weighted by atomic mass is 9.99. The Balaban J connectivity index is 2.19. The van der Waals surface area contributed by atoms with Gasteiger partial charge in [0, 0.05) is 18.8 Å². The first-order chi connectivity index (χ1) is 8.20. The van der Waals surface area contributed by atoms with Gasteiger partial charge in [0.15, 0.2) is 0 Å². The van der Waals surface area contributed by atoms with E-state index >= 15 is 0 Å². The molecule has 0 aliphatic carbocycles. The number of carbonyl (C=O) groups is 1. The molecule has 0 aliphatic heterocycles. The number of aromatic nitrogens is 2. The summed E-state index contributed by atoms with van der Waals surface area (Å²) in [7, 11) is 0. The van der Waals surface area contributed by atoms with Gasteiger partial charge in [0.05, 0.1) is 11.6 Å². The van der Waals surface area contributed by atoms with E-state index in [-0.39, 0.29) is 5.92 Å². The largest absolute Gasteiger partial charge is 0.481 e. The van der Waals surface area contributed by atoms with Gasteiger partial charge in [-0.15, -0.1) is 0 Å². The van der Waals surface area contributed by atoms with Crippen molar-refractivity contribution in [3.63, 3.8) is 0 Å². The highest BCUT2D eigenvalue weighted by Gasteiger charge is 2.18. The van der Waals surface area contributed by atoms with Crippen LogP contribution in [0.1, 0.15) is 25.5 Å². The molecule has 0 aliphatic rings. The predicted octanol–water partition coefficient (Wildman–Crippen LogP) is 2.38. The Morgan fingerprint density at radius 3 is 3.00 bits per heavy atom. The highest BCUT2D eigenvalue weighted by atomic mass is 16.4. The predicted molar refractivity (Wildman–Crippen MR) is 64.9 cm³/mol. The van der Waals surface area contributed by atoms with Gasteiger partial charge in [0.1, 0.15) is 5.65 Å². The third-order valence-corrected chi connectivity index (χ3v) is 2.86. The standard InChI is InChI=1S/C13H16N2O2/c1-2-5-10(13(16)17)8-11-9-15-7-4-3-6-12(15)14-11/h3-4,6-7,9-10H,2,5,8H2,1H3,(H,16,17). The van der Waals surface area contributed by atoms with Crippen molar-refractivity contribution in [1.29, 1.82) is 0 Å². The van der Waals surface area contributed by atoms with Gasteiger partial charge < -0.3 is 9.51 Å². The molecule has 0 aromatic carbocycles. The molecule has 2 aromatic heterocycles. The van der Waals surface area contributed by atoms with Crippen molar-refractivity contribution >= 4 is 11.6 Å². The maximum absolute atomic E-state index is 11.1. The van der Waals surface area contributed by atoms with E-state index in [0.29, 0.717) is 12.8 Å². The summed E-state index contributed by atoms with van der Waals surface area (Å²) in [5.41, 5.74) is 1.71. The number of carboxylic acid groups (broad SMARTS) is 1. The lowest BCUT2D eigenvalue weighted by molar-refractivity contribution is -0.141. The second kappa shape index (κ2) is 4.99. The van der Waals surface area contributed by atoms with E-state index < -0.39 is 5.97 Å². The van der Waals surface area contributed by atoms with Gasteiger partial charge in [0.2, 0.25) is 0 Å². The number of pyridine rings is 1. The number of nitrogens with zero attached hydrogens (tertiary/aromatic N) is 2. The molecule has 4 heteroatoms. The maximum atomic E-state index is 11.1. The fourth-order valence-corrected chi connectivity index (χ4v) is 2.00. The molecule has 17 heavy (non-hydrogen) atoms. The molecule has 2 rings (SSSR count). The van der Waals surface area contributed by atoms with Crippen LogP contribution in [0.15, 0.2) is 30.6 Å². The monoisotopic (exact) mass is 232 g/mol. The average molecular weight is 232 g/mol. The Morgan fingerprint density at radius 1 is 1.53 bits per heavy atom. The van der Waals surface area contributed by atoms with Crippen LogP contribution in [0.2, 0.25) is 0 Å². The van der Waals surface area contributed by atoms with Crippen molar-refractivity contribution in [3.05, 3.63) is 36.3 Å². The van der Waals surface area contributed by atoms with Crippen LogP contribution in [0.5, 0.6) is 0 Å². The van der Waals surface area contributed by atoms with E-state index in [1.807, 2.05) is 41.9 Å². The minimum atomic E-state index is -0.732. The van der Waals surface area contributed by atoms with Gasteiger partial charge >= 0.3 is 5.97 Å². The Labute approximate surface area is 99.9 Å². The average Bonchev–Trinajstić information content (AvgIpc) is 2.70. The summed E-state index contributed by atoms with van der Waals surface area (Å²) in [4.78, 5) is 15.5. The molecule has 1 unspecified atom stereocenters. The van der Waals surface area contributed by atoms with Crippen LogP contribution in [0, 0.1) is 5.92 Å². The van der Waals surface area contributed by atoms with Gasteiger partial charge in [-0.3, -0.25) is 4.79 Å². The fourth-order valence-electron chi connectivity index (χ4n) is 2.00. The first-order valence-corrected chi connectivity index (χ1v) is 5.86. The van der Waals surface area contributed by atoms with Crippen molar-refractivity contribution in [2.75, 3.05) is 0 Å². The van der Waals surface area contributed by atoms with Gasteiger partial charge in [-0.1, -0.05) is 19.4 Å². The van der Waals surface area contributed by atoms with Crippen LogP contribution in [-0.4, -0.2) is 20.5 Å². The molecule has 0 spiro atoms. The van der Waals surface area contributed by atoms with Crippen LogP contribution >= 0.6 is 0 Å². The second-order valence-corrected chi connectivity index (χ2v) is 4.23. The first kappa shape index (κ1) is 11.6. The smallest absolute Gasteiger partial charge is 0.306 e. The molecule has 0 radical (unpaired) electrons. The van der Waals surface area contributed by atoms with Crippen LogP contribution < -0.4 is 0 Å². The topological polar surface area (TPSA) is 54.6 Å². The zero-order valence-corrected chi connectivity index (χ0v) is 9.84. The third kappa shape index (κ3) is 2.64. The van der Waals surface area contributed by atoms with Crippen LogP contribution in [0.25, 0.3) is 5.65 Å². The van der Waals surface area contributed by atoms with E-state index in [9.17, 15) is 4.79 Å². The Hall–Kier alpha value is -1.84. The summed E-state index contributed by atoms with van der Waals surface area (Å²) in [6.45, 7) is 2.00. The fraction of sp³-hybridized carbons (Fsp3) is 0.385. The van der Waals surface area contributed by atoms with E-state index in [1.54, 1.807) is 0 Å². The van der Waals surface area contributed by atoms with E-state index in [2.05, 4.69) is 4.98 Å². The van der Waals surface area contributed by atoms with Gasteiger partial charge in [-0.25, -0.2) is 4.98 Å². The first-order valence-electron chi connectivity index (χ1n) is 5.86. The van der Waals surface area contributed by atoms with Gasteiger partial charge in [-0.05, 0) is 18.6 Å². The molecule has 0 fully saturated rings. The molecule has 1 atom stereocenters. The zero-order valence-electron chi connectivity index (χ0n) is 9.84. The highest BCUT2D eigenvalue weighted by Crippen LogP contribution is 2.14. The molecule has 0 saturated heterocycles. The molecule has 90 valence electrons.